The number of nitrogens with zero attached hydrogens (tertiary/aromatic N) is 4. The summed E-state index contributed by atoms with van der Waals surface area (Å²) in [6, 6.07) is 0. The van der Waals surface area contributed by atoms with Crippen molar-refractivity contribution in [3.05, 3.63) is 27.1 Å². The number of fused-ring (bicyclic) bond motifs is 1. The van der Waals surface area contributed by atoms with Crippen LogP contribution in [0.5, 0.6) is 0 Å². The standard InChI is InChI=1S/C15H20N4O2S/c1-4-18-5-7-19(8-6-18)15(21)12-10(2)11-13(22-12)16-9-17(3)14(11)20/h9H,4-8H2,1-3H3. The van der Waals surface area contributed by atoms with Gasteiger partial charge in [0.15, 0.2) is 0 Å². The summed E-state index contributed by atoms with van der Waals surface area (Å²) in [5.74, 6) is 0.0262. The molecule has 3 rings (SSSR count). The molecule has 6 nitrogen and oxygen atoms in total. The van der Waals surface area contributed by atoms with Crippen molar-refractivity contribution >= 4 is 27.5 Å². The van der Waals surface area contributed by atoms with Crippen LogP contribution in [0.4, 0.5) is 0 Å². The Kier molecular flexibility index (Phi) is 4.01. The van der Waals surface area contributed by atoms with Gasteiger partial charge in [0.25, 0.3) is 11.5 Å². The molecule has 3 heterocycles. The lowest BCUT2D eigenvalue weighted by Gasteiger charge is -2.33. The summed E-state index contributed by atoms with van der Waals surface area (Å²) in [7, 11) is 1.68. The van der Waals surface area contributed by atoms with E-state index in [1.54, 1.807) is 7.05 Å². The Bertz CT molecular complexity index is 772. The van der Waals surface area contributed by atoms with Crippen LogP contribution in [0.2, 0.25) is 0 Å². The fraction of sp³-hybridized carbons (Fsp3) is 0.533. The molecule has 0 N–H and O–H groups in total. The molecule has 118 valence electrons. The van der Waals surface area contributed by atoms with Crippen molar-refractivity contribution in [1.29, 1.82) is 0 Å². The first-order chi connectivity index (χ1) is 10.5. The Morgan fingerprint density at radius 2 is 2.00 bits per heavy atom. The highest BCUT2D eigenvalue weighted by molar-refractivity contribution is 7.20. The number of aromatic nitrogens is 2. The van der Waals surface area contributed by atoms with Gasteiger partial charge in [0.2, 0.25) is 0 Å². The van der Waals surface area contributed by atoms with Crippen molar-refractivity contribution in [1.82, 2.24) is 19.4 Å². The number of likely N-dealkylation sites (N-methyl/N-ethyl adjacent to an activating group) is 1. The van der Waals surface area contributed by atoms with Crippen molar-refractivity contribution in [2.75, 3.05) is 32.7 Å². The predicted molar refractivity (Wildman–Crippen MR) is 87.6 cm³/mol. The van der Waals surface area contributed by atoms with Crippen LogP contribution in [0.1, 0.15) is 22.2 Å². The minimum atomic E-state index is -0.0893. The van der Waals surface area contributed by atoms with Crippen LogP contribution in [-0.2, 0) is 7.05 Å². The molecule has 0 aliphatic carbocycles. The second-order valence-corrected chi connectivity index (χ2v) is 6.62. The van der Waals surface area contributed by atoms with E-state index in [9.17, 15) is 9.59 Å². The van der Waals surface area contributed by atoms with Crippen LogP contribution < -0.4 is 5.56 Å². The Morgan fingerprint density at radius 1 is 1.32 bits per heavy atom. The normalized spacial score (nSPS) is 16.4. The summed E-state index contributed by atoms with van der Waals surface area (Å²) < 4.78 is 1.45. The molecule has 22 heavy (non-hydrogen) atoms. The van der Waals surface area contributed by atoms with Gasteiger partial charge < -0.3 is 14.4 Å². The Labute approximate surface area is 133 Å². The van der Waals surface area contributed by atoms with Gasteiger partial charge in [0.05, 0.1) is 16.6 Å². The van der Waals surface area contributed by atoms with E-state index in [4.69, 9.17) is 0 Å². The van der Waals surface area contributed by atoms with Crippen molar-refractivity contribution in [2.45, 2.75) is 13.8 Å². The molecule has 7 heteroatoms. The van der Waals surface area contributed by atoms with Crippen LogP contribution in [0.15, 0.2) is 11.1 Å². The molecular formula is C15H20N4O2S. The highest BCUT2D eigenvalue weighted by Crippen LogP contribution is 2.28. The number of hydrogen-bond acceptors (Lipinski definition) is 5. The second kappa shape index (κ2) is 5.81. The van der Waals surface area contributed by atoms with Crippen LogP contribution in [0.3, 0.4) is 0 Å². The average Bonchev–Trinajstić information content (AvgIpc) is 2.88. The first-order valence-electron chi connectivity index (χ1n) is 7.49. The number of hydrogen-bond donors (Lipinski definition) is 0. The minimum Gasteiger partial charge on any atom is -0.335 e. The fourth-order valence-electron chi connectivity index (χ4n) is 2.82. The van der Waals surface area contributed by atoms with E-state index in [1.807, 2.05) is 11.8 Å². The third-order valence-electron chi connectivity index (χ3n) is 4.31. The Hall–Kier alpha value is -1.73. The summed E-state index contributed by atoms with van der Waals surface area (Å²) >= 11 is 1.33. The Balaban J connectivity index is 1.94. The van der Waals surface area contributed by atoms with Gasteiger partial charge in [0, 0.05) is 33.2 Å². The van der Waals surface area contributed by atoms with Gasteiger partial charge in [0.1, 0.15) is 4.83 Å². The van der Waals surface area contributed by atoms with E-state index in [0.29, 0.717) is 15.1 Å². The van der Waals surface area contributed by atoms with Crippen LogP contribution in [0.25, 0.3) is 10.2 Å². The summed E-state index contributed by atoms with van der Waals surface area (Å²) in [4.78, 5) is 34.8. The van der Waals surface area contributed by atoms with Crippen molar-refractivity contribution in [2.24, 2.45) is 7.05 Å². The topological polar surface area (TPSA) is 58.4 Å². The first-order valence-corrected chi connectivity index (χ1v) is 8.31. The highest BCUT2D eigenvalue weighted by Gasteiger charge is 2.26. The van der Waals surface area contributed by atoms with Gasteiger partial charge in [-0.25, -0.2) is 4.98 Å². The smallest absolute Gasteiger partial charge is 0.264 e. The van der Waals surface area contributed by atoms with Gasteiger partial charge in [-0.1, -0.05) is 6.92 Å². The SMILES string of the molecule is CCN1CCN(C(=O)c2sc3ncn(C)c(=O)c3c2C)CC1. The molecule has 1 aliphatic heterocycles. The lowest BCUT2D eigenvalue weighted by Crippen LogP contribution is -2.48. The quantitative estimate of drug-likeness (QED) is 0.831. The van der Waals surface area contributed by atoms with E-state index in [2.05, 4.69) is 16.8 Å². The second-order valence-electron chi connectivity index (χ2n) is 5.62. The minimum absolute atomic E-state index is 0.0262. The molecule has 0 unspecified atom stereocenters. The van der Waals surface area contributed by atoms with Gasteiger partial charge in [-0.15, -0.1) is 11.3 Å². The van der Waals surface area contributed by atoms with Crippen LogP contribution >= 0.6 is 11.3 Å². The van der Waals surface area contributed by atoms with Gasteiger partial charge >= 0.3 is 0 Å². The van der Waals surface area contributed by atoms with E-state index in [1.165, 1.54) is 22.2 Å². The summed E-state index contributed by atoms with van der Waals surface area (Å²) in [5, 5.41) is 0.575. The van der Waals surface area contributed by atoms with Gasteiger partial charge in [-0.2, -0.15) is 0 Å². The monoisotopic (exact) mass is 320 g/mol. The third-order valence-corrected chi connectivity index (χ3v) is 5.50. The molecule has 0 radical (unpaired) electrons. The molecule has 0 saturated carbocycles. The molecule has 1 fully saturated rings. The van der Waals surface area contributed by atoms with Crippen molar-refractivity contribution in [3.8, 4) is 0 Å². The number of amides is 1. The summed E-state index contributed by atoms with van der Waals surface area (Å²) in [5.41, 5.74) is 0.672. The first kappa shape index (κ1) is 15.2. The van der Waals surface area contributed by atoms with E-state index in [-0.39, 0.29) is 11.5 Å². The van der Waals surface area contributed by atoms with E-state index < -0.39 is 0 Å². The molecular weight excluding hydrogens is 300 g/mol. The predicted octanol–water partition coefficient (Wildman–Crippen LogP) is 1.08. The van der Waals surface area contributed by atoms with Crippen LogP contribution in [0, 0.1) is 6.92 Å². The summed E-state index contributed by atoms with van der Waals surface area (Å²) in [6.45, 7) is 8.30. The zero-order chi connectivity index (χ0) is 15.9. The molecule has 1 aliphatic rings. The number of rotatable bonds is 2. The maximum absolute atomic E-state index is 12.8. The number of piperazine rings is 1. The van der Waals surface area contributed by atoms with Crippen molar-refractivity contribution < 1.29 is 4.79 Å². The molecule has 0 aromatic carbocycles. The Morgan fingerprint density at radius 3 is 2.64 bits per heavy atom. The molecule has 0 spiro atoms. The lowest BCUT2D eigenvalue weighted by molar-refractivity contribution is 0.0647. The number of carbonyl (C=O) groups is 1. The molecule has 1 amide bonds. The lowest BCUT2D eigenvalue weighted by atomic mass is 10.2. The van der Waals surface area contributed by atoms with Crippen molar-refractivity contribution in [3.63, 3.8) is 0 Å². The number of aryl methyl sites for hydroxylation is 2. The molecule has 2 aromatic rings. The zero-order valence-electron chi connectivity index (χ0n) is 13.1. The highest BCUT2D eigenvalue weighted by atomic mass is 32.1. The molecule has 0 atom stereocenters. The zero-order valence-corrected chi connectivity index (χ0v) is 13.9. The largest absolute Gasteiger partial charge is 0.335 e. The number of carbonyl (C=O) groups excluding carboxylic acids is 1. The summed E-state index contributed by atoms with van der Waals surface area (Å²) in [6.07, 6.45) is 1.51. The maximum Gasteiger partial charge on any atom is 0.264 e. The fourth-order valence-corrected chi connectivity index (χ4v) is 3.93. The molecule has 2 aromatic heterocycles. The molecule has 1 saturated heterocycles. The third kappa shape index (κ3) is 2.44. The maximum atomic E-state index is 12.8. The average molecular weight is 320 g/mol. The van der Waals surface area contributed by atoms with Crippen LogP contribution in [-0.4, -0.2) is 58.0 Å². The molecule has 0 bridgehead atoms. The number of thiophene rings is 1. The van der Waals surface area contributed by atoms with Gasteiger partial charge in [-0.05, 0) is 19.0 Å². The van der Waals surface area contributed by atoms with E-state index >= 15 is 0 Å². The van der Waals surface area contributed by atoms with Gasteiger partial charge in [-0.3, -0.25) is 9.59 Å². The van der Waals surface area contributed by atoms with E-state index in [0.717, 1.165) is 38.3 Å².